The van der Waals surface area contributed by atoms with Gasteiger partial charge in [0, 0.05) is 23.7 Å². The number of amides is 1. The van der Waals surface area contributed by atoms with Crippen LogP contribution in [0, 0.1) is 5.92 Å². The molecular weight excluding hydrogens is 415 g/mol. The Morgan fingerprint density at radius 2 is 1.94 bits per heavy atom. The van der Waals surface area contributed by atoms with Gasteiger partial charge in [-0.25, -0.2) is 4.98 Å². The normalized spacial score (nSPS) is 16.2. The van der Waals surface area contributed by atoms with Crippen molar-refractivity contribution >= 4 is 22.5 Å². The van der Waals surface area contributed by atoms with Crippen LogP contribution in [0.25, 0.3) is 10.9 Å². The molecule has 174 valence electrons. The lowest BCUT2D eigenvalue weighted by atomic mass is 9.94. The summed E-state index contributed by atoms with van der Waals surface area (Å²) in [4.78, 5) is 19.0. The van der Waals surface area contributed by atoms with Crippen LogP contribution in [0.15, 0.2) is 43.0 Å². The number of fused-ring (bicyclic) bond motifs is 1. The molecule has 1 unspecified atom stereocenters. The van der Waals surface area contributed by atoms with Crippen LogP contribution < -0.4 is 10.2 Å². The van der Waals surface area contributed by atoms with Gasteiger partial charge in [-0.1, -0.05) is 57.4 Å². The van der Waals surface area contributed by atoms with Gasteiger partial charge in [-0.05, 0) is 37.3 Å². The molecule has 0 bridgehead atoms. The Morgan fingerprint density at radius 1 is 1.25 bits per heavy atom. The van der Waals surface area contributed by atoms with Crippen molar-refractivity contribution in [2.24, 2.45) is 5.92 Å². The molecule has 0 spiro atoms. The van der Waals surface area contributed by atoms with Crippen molar-refractivity contribution in [3.05, 3.63) is 48.7 Å². The van der Waals surface area contributed by atoms with Crippen molar-refractivity contribution in [1.29, 1.82) is 0 Å². The maximum absolute atomic E-state index is 13.6. The molecule has 1 aliphatic carbocycles. The zero-order valence-corrected chi connectivity index (χ0v) is 18.8. The summed E-state index contributed by atoms with van der Waals surface area (Å²) in [5.41, 5.74) is -0.356. The van der Waals surface area contributed by atoms with E-state index in [2.05, 4.69) is 16.9 Å². The van der Waals surface area contributed by atoms with E-state index < -0.39 is 17.9 Å². The number of carbonyl (C=O) groups excluding carboxylic acids is 1. The molecule has 1 atom stereocenters. The van der Waals surface area contributed by atoms with Crippen LogP contribution in [0.5, 0.6) is 0 Å². The van der Waals surface area contributed by atoms with Gasteiger partial charge in [-0.2, -0.15) is 13.2 Å². The molecule has 0 aliphatic heterocycles. The summed E-state index contributed by atoms with van der Waals surface area (Å²) in [6, 6.07) is 7.33. The molecule has 7 heteroatoms. The van der Waals surface area contributed by atoms with Crippen molar-refractivity contribution in [1.82, 2.24) is 10.3 Å². The standard InChI is InChI=1S/C25H32F3N3O/c1-4-14-31(22(15-17(2)3)24(32)29-18-10-6-5-7-11-18)21-16-23(25(26,27)28)30-20-13-9-8-12-19(20)21/h4,8-9,12-13,16-18,22H,1,5-7,10-11,14-15H2,2-3H3,(H,29,32). The van der Waals surface area contributed by atoms with Crippen LogP contribution in [0.4, 0.5) is 18.9 Å². The first-order chi connectivity index (χ1) is 15.2. The topological polar surface area (TPSA) is 45.2 Å². The van der Waals surface area contributed by atoms with Crippen LogP contribution >= 0.6 is 0 Å². The second-order valence-corrected chi connectivity index (χ2v) is 8.97. The molecule has 1 aromatic heterocycles. The van der Waals surface area contributed by atoms with Gasteiger partial charge in [0.05, 0.1) is 5.52 Å². The van der Waals surface area contributed by atoms with Crippen LogP contribution in [0.3, 0.4) is 0 Å². The van der Waals surface area contributed by atoms with Gasteiger partial charge in [0.15, 0.2) is 0 Å². The third kappa shape index (κ3) is 5.81. The third-order valence-electron chi connectivity index (χ3n) is 5.95. The van der Waals surface area contributed by atoms with Gasteiger partial charge in [-0.3, -0.25) is 4.79 Å². The first-order valence-corrected chi connectivity index (χ1v) is 11.4. The molecule has 32 heavy (non-hydrogen) atoms. The highest BCUT2D eigenvalue weighted by molar-refractivity contribution is 5.95. The zero-order valence-electron chi connectivity index (χ0n) is 18.8. The SMILES string of the molecule is C=CCN(c1cc(C(F)(F)F)nc2ccccc12)C(CC(C)C)C(=O)NC1CCCCC1. The molecule has 0 saturated heterocycles. The Labute approximate surface area is 187 Å². The Bertz CT molecular complexity index is 936. The molecule has 1 heterocycles. The van der Waals surface area contributed by atoms with E-state index in [9.17, 15) is 18.0 Å². The number of hydrogen-bond acceptors (Lipinski definition) is 3. The second-order valence-electron chi connectivity index (χ2n) is 8.97. The van der Waals surface area contributed by atoms with Crippen molar-refractivity contribution in [3.63, 3.8) is 0 Å². The van der Waals surface area contributed by atoms with Crippen molar-refractivity contribution in [3.8, 4) is 0 Å². The molecule has 1 N–H and O–H groups in total. The number of pyridine rings is 1. The van der Waals surface area contributed by atoms with Gasteiger partial charge < -0.3 is 10.2 Å². The largest absolute Gasteiger partial charge is 0.433 e. The number of nitrogens with zero attached hydrogens (tertiary/aromatic N) is 2. The molecule has 3 rings (SSSR count). The van der Waals surface area contributed by atoms with Crippen LogP contribution in [-0.2, 0) is 11.0 Å². The minimum Gasteiger partial charge on any atom is -0.355 e. The number of benzene rings is 1. The summed E-state index contributed by atoms with van der Waals surface area (Å²) >= 11 is 0. The highest BCUT2D eigenvalue weighted by Crippen LogP contribution is 2.36. The van der Waals surface area contributed by atoms with E-state index >= 15 is 0 Å². The van der Waals surface area contributed by atoms with Crippen LogP contribution in [0.2, 0.25) is 0 Å². The van der Waals surface area contributed by atoms with Gasteiger partial charge >= 0.3 is 6.18 Å². The fourth-order valence-electron chi connectivity index (χ4n) is 4.44. The third-order valence-corrected chi connectivity index (χ3v) is 5.95. The monoisotopic (exact) mass is 447 g/mol. The molecule has 2 aromatic rings. The maximum Gasteiger partial charge on any atom is 0.433 e. The first kappa shape index (κ1) is 24.1. The fourth-order valence-corrected chi connectivity index (χ4v) is 4.44. The molecule has 1 aliphatic rings. The summed E-state index contributed by atoms with van der Waals surface area (Å²) in [7, 11) is 0. The molecular formula is C25H32F3N3O. The lowest BCUT2D eigenvalue weighted by Crippen LogP contribution is -2.51. The predicted octanol–water partition coefficient (Wildman–Crippen LogP) is 6.11. The first-order valence-electron chi connectivity index (χ1n) is 11.4. The van der Waals surface area contributed by atoms with E-state index in [-0.39, 0.29) is 29.9 Å². The van der Waals surface area contributed by atoms with Crippen LogP contribution in [0.1, 0.15) is 58.1 Å². The average Bonchev–Trinajstić information content (AvgIpc) is 2.75. The van der Waals surface area contributed by atoms with Gasteiger partial charge in [0.1, 0.15) is 11.7 Å². The smallest absolute Gasteiger partial charge is 0.355 e. The molecule has 1 saturated carbocycles. The van der Waals surface area contributed by atoms with Gasteiger partial charge in [-0.15, -0.1) is 6.58 Å². The Kier molecular flexibility index (Phi) is 7.80. The number of alkyl halides is 3. The zero-order chi connectivity index (χ0) is 23.3. The molecule has 0 radical (unpaired) electrons. The molecule has 1 fully saturated rings. The number of rotatable bonds is 8. The van der Waals surface area contributed by atoms with Crippen molar-refractivity contribution in [2.75, 3.05) is 11.4 Å². The van der Waals surface area contributed by atoms with Gasteiger partial charge in [0.25, 0.3) is 0 Å². The van der Waals surface area contributed by atoms with E-state index in [0.29, 0.717) is 17.5 Å². The van der Waals surface area contributed by atoms with E-state index in [0.717, 1.165) is 31.7 Å². The highest BCUT2D eigenvalue weighted by atomic mass is 19.4. The summed E-state index contributed by atoms with van der Waals surface area (Å²) in [5.74, 6) is 0.0431. The molecule has 1 aromatic carbocycles. The van der Waals surface area contributed by atoms with Gasteiger partial charge in [0.2, 0.25) is 5.91 Å². The fraction of sp³-hybridized carbons (Fsp3) is 0.520. The number of para-hydroxylation sites is 1. The van der Waals surface area contributed by atoms with E-state index in [1.165, 1.54) is 6.42 Å². The maximum atomic E-state index is 13.6. The number of nitrogens with one attached hydrogen (secondary N) is 1. The summed E-state index contributed by atoms with van der Waals surface area (Å²) in [6.45, 7) is 8.08. The van der Waals surface area contributed by atoms with Crippen molar-refractivity contribution < 1.29 is 18.0 Å². The minimum absolute atomic E-state index is 0.122. The number of aromatic nitrogens is 1. The molecule has 4 nitrogen and oxygen atoms in total. The number of halogens is 3. The minimum atomic E-state index is -4.59. The Balaban J connectivity index is 2.07. The quantitative estimate of drug-likeness (QED) is 0.497. The Morgan fingerprint density at radius 3 is 2.56 bits per heavy atom. The van der Waals surface area contributed by atoms with E-state index in [1.807, 2.05) is 13.8 Å². The lowest BCUT2D eigenvalue weighted by Gasteiger charge is -2.35. The number of hydrogen-bond donors (Lipinski definition) is 1. The number of carbonyl (C=O) groups is 1. The Hall–Kier alpha value is -2.57. The highest BCUT2D eigenvalue weighted by Gasteiger charge is 2.36. The summed E-state index contributed by atoms with van der Waals surface area (Å²) < 4.78 is 40.9. The summed E-state index contributed by atoms with van der Waals surface area (Å²) in [5, 5.41) is 3.76. The van der Waals surface area contributed by atoms with E-state index in [4.69, 9.17) is 0 Å². The summed E-state index contributed by atoms with van der Waals surface area (Å²) in [6.07, 6.45) is 2.79. The van der Waals surface area contributed by atoms with Crippen LogP contribution in [-0.4, -0.2) is 29.5 Å². The molecule has 1 amide bonds. The predicted molar refractivity (Wildman–Crippen MR) is 123 cm³/mol. The average molecular weight is 448 g/mol. The second kappa shape index (κ2) is 10.4. The lowest BCUT2D eigenvalue weighted by molar-refractivity contribution is -0.140. The number of anilines is 1. The van der Waals surface area contributed by atoms with Crippen molar-refractivity contribution in [2.45, 2.75) is 70.6 Å². The van der Waals surface area contributed by atoms with E-state index in [1.54, 1.807) is 35.2 Å².